The Morgan fingerprint density at radius 1 is 0.925 bits per heavy atom. The van der Waals surface area contributed by atoms with Crippen molar-refractivity contribution >= 4 is 43.0 Å². The van der Waals surface area contributed by atoms with Gasteiger partial charge >= 0.3 is 0 Å². The minimum absolute atomic E-state index is 0.110. The molecule has 7 nitrogen and oxygen atoms in total. The molecule has 6 aromatic rings. The normalized spacial score (nSPS) is 11.8. The van der Waals surface area contributed by atoms with Gasteiger partial charge in [-0.25, -0.2) is 8.42 Å². The van der Waals surface area contributed by atoms with E-state index < -0.39 is 9.84 Å². The maximum atomic E-state index is 11.3. The van der Waals surface area contributed by atoms with E-state index in [-0.39, 0.29) is 5.75 Å². The van der Waals surface area contributed by atoms with Crippen LogP contribution in [0.4, 0.5) is 11.4 Å². The molecular weight excluding hydrogens is 520 g/mol. The molecule has 3 aromatic heterocycles. The Labute approximate surface area is 233 Å². The first-order valence-electron chi connectivity index (χ1n) is 13.2. The van der Waals surface area contributed by atoms with Crippen LogP contribution in [0.1, 0.15) is 11.1 Å². The molecule has 0 radical (unpaired) electrons. The molecule has 0 spiro atoms. The van der Waals surface area contributed by atoms with Crippen LogP contribution in [-0.2, 0) is 22.9 Å². The smallest absolute Gasteiger partial charge is 0.148 e. The van der Waals surface area contributed by atoms with Crippen molar-refractivity contribution in [3.05, 3.63) is 115 Å². The lowest BCUT2D eigenvalue weighted by atomic mass is 10.1. The highest BCUT2D eigenvalue weighted by molar-refractivity contribution is 7.90. The second-order valence-corrected chi connectivity index (χ2v) is 12.3. The standard InChI is InChI=1S/C32H30N4O3S/c1-40(37,38)16-14-33-20-24-17-32(39-22-24)26-7-9-28-29(11-13-34-30(28)19-26)35-27-8-10-31-25(18-27)12-15-36(31)21-23-5-3-2-4-6-23/h2-13,15,17-19,22,33H,14,16,20-21H2,1H3,(H,34,35). The van der Waals surface area contributed by atoms with Gasteiger partial charge in [0.1, 0.15) is 15.6 Å². The SMILES string of the molecule is CS(=O)(=O)CCNCc1coc(-c2ccc3c(Nc4ccc5c(ccn5Cc5ccccc5)c4)ccnc3c2)c1. The molecule has 0 aliphatic rings. The number of anilines is 2. The number of fused-ring (bicyclic) bond motifs is 2. The van der Waals surface area contributed by atoms with Gasteiger partial charge in [0.25, 0.3) is 0 Å². The molecule has 8 heteroatoms. The molecule has 3 heterocycles. The van der Waals surface area contributed by atoms with Crippen molar-refractivity contribution in [2.45, 2.75) is 13.1 Å². The van der Waals surface area contributed by atoms with E-state index >= 15 is 0 Å². The molecule has 0 atom stereocenters. The molecule has 0 bridgehead atoms. The number of aromatic nitrogens is 2. The van der Waals surface area contributed by atoms with Crippen molar-refractivity contribution in [2.24, 2.45) is 0 Å². The fourth-order valence-corrected chi connectivity index (χ4v) is 5.39. The van der Waals surface area contributed by atoms with Gasteiger partial charge in [-0.2, -0.15) is 0 Å². The molecule has 2 N–H and O–H groups in total. The lowest BCUT2D eigenvalue weighted by Crippen LogP contribution is -2.21. The summed E-state index contributed by atoms with van der Waals surface area (Å²) in [6, 6.07) is 29.1. The van der Waals surface area contributed by atoms with E-state index in [0.717, 1.165) is 45.7 Å². The molecule has 202 valence electrons. The zero-order valence-corrected chi connectivity index (χ0v) is 23.0. The van der Waals surface area contributed by atoms with Crippen molar-refractivity contribution in [2.75, 3.05) is 23.9 Å². The predicted octanol–water partition coefficient (Wildman–Crippen LogP) is 6.38. The summed E-state index contributed by atoms with van der Waals surface area (Å²) in [5.41, 5.74) is 7.22. The van der Waals surface area contributed by atoms with Gasteiger partial charge in [-0.05, 0) is 54.1 Å². The van der Waals surface area contributed by atoms with Crippen molar-refractivity contribution in [3.63, 3.8) is 0 Å². The van der Waals surface area contributed by atoms with Crippen LogP contribution in [0.15, 0.2) is 108 Å². The zero-order valence-electron chi connectivity index (χ0n) is 22.2. The van der Waals surface area contributed by atoms with Gasteiger partial charge in [-0.1, -0.05) is 36.4 Å². The number of benzene rings is 3. The van der Waals surface area contributed by atoms with Crippen LogP contribution in [0, 0.1) is 0 Å². The van der Waals surface area contributed by atoms with Gasteiger partial charge in [0, 0.05) is 77.1 Å². The Kier molecular flexibility index (Phi) is 7.11. The fourth-order valence-electron chi connectivity index (χ4n) is 4.87. The topological polar surface area (TPSA) is 89.2 Å². The zero-order chi connectivity index (χ0) is 27.5. The van der Waals surface area contributed by atoms with Crippen LogP contribution < -0.4 is 10.6 Å². The number of rotatable bonds is 10. The van der Waals surface area contributed by atoms with Crippen LogP contribution in [0.25, 0.3) is 33.1 Å². The number of nitrogens with zero attached hydrogens (tertiary/aromatic N) is 2. The fraction of sp³-hybridized carbons (Fsp3) is 0.156. The molecule has 40 heavy (non-hydrogen) atoms. The minimum Gasteiger partial charge on any atom is -0.464 e. The van der Waals surface area contributed by atoms with E-state index in [0.29, 0.717) is 13.1 Å². The summed E-state index contributed by atoms with van der Waals surface area (Å²) >= 11 is 0. The largest absolute Gasteiger partial charge is 0.464 e. The van der Waals surface area contributed by atoms with Crippen LogP contribution in [0.5, 0.6) is 0 Å². The second-order valence-electron chi connectivity index (χ2n) is 10.0. The molecule has 0 aliphatic carbocycles. The summed E-state index contributed by atoms with van der Waals surface area (Å²) in [5.74, 6) is 0.853. The van der Waals surface area contributed by atoms with E-state index in [1.807, 2.05) is 36.5 Å². The van der Waals surface area contributed by atoms with Crippen LogP contribution in [0.3, 0.4) is 0 Å². The summed E-state index contributed by atoms with van der Waals surface area (Å²) in [4.78, 5) is 4.60. The van der Waals surface area contributed by atoms with Gasteiger partial charge in [0.2, 0.25) is 0 Å². The average Bonchev–Trinajstić information content (AvgIpc) is 3.58. The predicted molar refractivity (Wildman–Crippen MR) is 162 cm³/mol. The van der Waals surface area contributed by atoms with E-state index in [4.69, 9.17) is 4.42 Å². The Balaban J connectivity index is 1.17. The molecule has 0 amide bonds. The van der Waals surface area contributed by atoms with E-state index in [1.165, 1.54) is 22.7 Å². The van der Waals surface area contributed by atoms with Crippen molar-refractivity contribution < 1.29 is 12.8 Å². The molecule has 0 aliphatic heterocycles. The third-order valence-corrected chi connectivity index (χ3v) is 7.85. The van der Waals surface area contributed by atoms with Crippen LogP contribution in [-0.4, -0.2) is 36.5 Å². The lowest BCUT2D eigenvalue weighted by molar-refractivity contribution is 0.574. The van der Waals surface area contributed by atoms with Crippen LogP contribution in [0.2, 0.25) is 0 Å². The molecule has 0 saturated carbocycles. The molecule has 3 aromatic carbocycles. The van der Waals surface area contributed by atoms with Gasteiger partial charge < -0.3 is 19.6 Å². The molecular formula is C32H30N4O3S. The first-order valence-corrected chi connectivity index (χ1v) is 15.2. The summed E-state index contributed by atoms with van der Waals surface area (Å²) in [6.07, 6.45) is 6.88. The Hall–Kier alpha value is -4.40. The second kappa shape index (κ2) is 11.0. The highest BCUT2D eigenvalue weighted by atomic mass is 32.2. The minimum atomic E-state index is -2.98. The van der Waals surface area contributed by atoms with E-state index in [1.54, 1.807) is 6.26 Å². The maximum absolute atomic E-state index is 11.3. The molecule has 0 fully saturated rings. The number of hydrogen-bond acceptors (Lipinski definition) is 6. The van der Waals surface area contributed by atoms with Gasteiger partial charge in [-0.3, -0.25) is 4.98 Å². The van der Waals surface area contributed by atoms with Crippen molar-refractivity contribution in [3.8, 4) is 11.3 Å². The third-order valence-electron chi connectivity index (χ3n) is 6.91. The summed E-state index contributed by atoms with van der Waals surface area (Å²) in [6.45, 7) is 1.78. The maximum Gasteiger partial charge on any atom is 0.148 e. The van der Waals surface area contributed by atoms with E-state index in [9.17, 15) is 8.42 Å². The van der Waals surface area contributed by atoms with Crippen molar-refractivity contribution in [1.29, 1.82) is 0 Å². The van der Waals surface area contributed by atoms with Crippen LogP contribution >= 0.6 is 0 Å². The monoisotopic (exact) mass is 550 g/mol. The number of pyridine rings is 1. The average molecular weight is 551 g/mol. The van der Waals surface area contributed by atoms with Crippen molar-refractivity contribution in [1.82, 2.24) is 14.9 Å². The first kappa shape index (κ1) is 25.9. The summed E-state index contributed by atoms with van der Waals surface area (Å²) in [7, 11) is -2.98. The Morgan fingerprint density at radius 2 is 1.80 bits per heavy atom. The summed E-state index contributed by atoms with van der Waals surface area (Å²) in [5, 5.41) is 8.92. The number of hydrogen-bond donors (Lipinski definition) is 2. The highest BCUT2D eigenvalue weighted by Gasteiger charge is 2.10. The lowest BCUT2D eigenvalue weighted by Gasteiger charge is -2.11. The molecule has 0 unspecified atom stereocenters. The number of nitrogens with one attached hydrogen (secondary N) is 2. The number of sulfone groups is 1. The molecule has 0 saturated heterocycles. The molecule has 6 rings (SSSR count). The highest BCUT2D eigenvalue weighted by Crippen LogP contribution is 2.31. The Morgan fingerprint density at radius 3 is 2.65 bits per heavy atom. The first-order chi connectivity index (χ1) is 19.4. The number of furan rings is 1. The third kappa shape index (κ3) is 5.93. The quantitative estimate of drug-likeness (QED) is 0.193. The van der Waals surface area contributed by atoms with E-state index in [2.05, 4.69) is 81.0 Å². The summed E-state index contributed by atoms with van der Waals surface area (Å²) < 4.78 is 30.7. The van der Waals surface area contributed by atoms with Gasteiger partial charge in [0.05, 0.1) is 17.5 Å². The van der Waals surface area contributed by atoms with Gasteiger partial charge in [-0.15, -0.1) is 0 Å². The Bertz CT molecular complexity index is 1890. The van der Waals surface area contributed by atoms with Gasteiger partial charge in [0.15, 0.2) is 0 Å².